The molecule has 1 amide bonds. The van der Waals surface area contributed by atoms with Gasteiger partial charge in [-0.15, -0.1) is 0 Å². The van der Waals surface area contributed by atoms with Crippen molar-refractivity contribution < 1.29 is 9.53 Å². The van der Waals surface area contributed by atoms with E-state index >= 15 is 0 Å². The number of amides is 1. The summed E-state index contributed by atoms with van der Waals surface area (Å²) in [5, 5.41) is 0. The molecule has 1 aromatic rings. The lowest BCUT2D eigenvalue weighted by atomic mass is 9.92. The average Bonchev–Trinajstić information content (AvgIpc) is 2.47. The summed E-state index contributed by atoms with van der Waals surface area (Å²) in [6, 6.07) is 7.83. The number of nitrogens with two attached hydrogens (primary N) is 1. The van der Waals surface area contributed by atoms with Gasteiger partial charge in [-0.05, 0) is 36.5 Å². The van der Waals surface area contributed by atoms with E-state index in [1.54, 1.807) is 7.11 Å². The van der Waals surface area contributed by atoms with Gasteiger partial charge >= 0.3 is 0 Å². The highest BCUT2D eigenvalue weighted by atomic mass is 16.5. The zero-order valence-corrected chi connectivity index (χ0v) is 12.3. The van der Waals surface area contributed by atoms with Gasteiger partial charge in [0.05, 0.1) is 6.61 Å². The molecule has 1 aliphatic rings. The minimum atomic E-state index is 0.0882. The molecule has 0 radical (unpaired) electrons. The Balaban J connectivity index is 2.15. The zero-order chi connectivity index (χ0) is 14.5. The monoisotopic (exact) mass is 276 g/mol. The standard InChI is InChI=1S/C16H24N2O2/c1-12-6-7-18(15(8-12)10-17)16(19)14-5-3-4-13(9-14)11-20-2/h3-5,9,12,15H,6-8,10-11,17H2,1-2H3. The smallest absolute Gasteiger partial charge is 0.254 e. The molecule has 1 aromatic carbocycles. The third-order valence-electron chi connectivity index (χ3n) is 4.00. The van der Waals surface area contributed by atoms with Crippen LogP contribution in [-0.4, -0.2) is 37.0 Å². The van der Waals surface area contributed by atoms with E-state index in [-0.39, 0.29) is 11.9 Å². The summed E-state index contributed by atoms with van der Waals surface area (Å²) in [6.45, 7) is 4.09. The van der Waals surface area contributed by atoms with Crippen molar-refractivity contribution in [2.75, 3.05) is 20.2 Å². The number of rotatable bonds is 4. The number of methoxy groups -OCH3 is 1. The number of benzene rings is 1. The fourth-order valence-corrected chi connectivity index (χ4v) is 2.87. The van der Waals surface area contributed by atoms with Gasteiger partial charge in [0.2, 0.25) is 0 Å². The molecule has 20 heavy (non-hydrogen) atoms. The summed E-state index contributed by atoms with van der Waals surface area (Å²) in [7, 11) is 1.66. The summed E-state index contributed by atoms with van der Waals surface area (Å²) >= 11 is 0. The average molecular weight is 276 g/mol. The first-order valence-corrected chi connectivity index (χ1v) is 7.24. The first-order valence-electron chi connectivity index (χ1n) is 7.24. The second-order valence-electron chi connectivity index (χ2n) is 5.65. The second kappa shape index (κ2) is 6.86. The molecule has 4 nitrogen and oxygen atoms in total. The minimum absolute atomic E-state index is 0.0882. The molecule has 0 aromatic heterocycles. The van der Waals surface area contributed by atoms with E-state index in [0.717, 1.165) is 30.5 Å². The van der Waals surface area contributed by atoms with E-state index in [0.29, 0.717) is 19.1 Å². The lowest BCUT2D eigenvalue weighted by Gasteiger charge is -2.38. The summed E-state index contributed by atoms with van der Waals surface area (Å²) in [4.78, 5) is 14.6. The van der Waals surface area contributed by atoms with E-state index in [1.165, 1.54) is 0 Å². The maximum Gasteiger partial charge on any atom is 0.254 e. The Hall–Kier alpha value is -1.39. The molecular weight excluding hydrogens is 252 g/mol. The third-order valence-corrected chi connectivity index (χ3v) is 4.00. The van der Waals surface area contributed by atoms with E-state index < -0.39 is 0 Å². The molecule has 2 unspecified atom stereocenters. The number of carbonyl (C=O) groups is 1. The van der Waals surface area contributed by atoms with Crippen LogP contribution in [0.5, 0.6) is 0 Å². The van der Waals surface area contributed by atoms with Crippen LogP contribution in [0.25, 0.3) is 0 Å². The first-order chi connectivity index (χ1) is 9.65. The molecule has 1 saturated heterocycles. The highest BCUT2D eigenvalue weighted by Gasteiger charge is 2.29. The molecule has 1 fully saturated rings. The van der Waals surface area contributed by atoms with Crippen molar-refractivity contribution in [3.05, 3.63) is 35.4 Å². The maximum atomic E-state index is 12.7. The van der Waals surface area contributed by atoms with Gasteiger partial charge in [-0.1, -0.05) is 19.1 Å². The summed E-state index contributed by atoms with van der Waals surface area (Å²) in [5.74, 6) is 0.734. The van der Waals surface area contributed by atoms with E-state index in [2.05, 4.69) is 6.92 Å². The third kappa shape index (κ3) is 3.38. The molecule has 2 rings (SSSR count). The molecule has 1 aliphatic heterocycles. The number of carbonyl (C=O) groups excluding carboxylic acids is 1. The minimum Gasteiger partial charge on any atom is -0.380 e. The molecule has 0 saturated carbocycles. The van der Waals surface area contributed by atoms with Gasteiger partial charge in [0.15, 0.2) is 0 Å². The highest BCUT2D eigenvalue weighted by Crippen LogP contribution is 2.24. The Labute approximate surface area is 120 Å². The SMILES string of the molecule is COCc1cccc(C(=O)N2CCC(C)CC2CN)c1. The van der Waals surface area contributed by atoms with Crippen molar-refractivity contribution in [3.63, 3.8) is 0 Å². The zero-order valence-electron chi connectivity index (χ0n) is 12.3. The van der Waals surface area contributed by atoms with Crippen LogP contribution >= 0.6 is 0 Å². The topological polar surface area (TPSA) is 55.6 Å². The van der Waals surface area contributed by atoms with Crippen LogP contribution in [0.2, 0.25) is 0 Å². The Morgan fingerprint density at radius 3 is 3.00 bits per heavy atom. The summed E-state index contributed by atoms with van der Waals surface area (Å²) in [6.07, 6.45) is 2.06. The summed E-state index contributed by atoms with van der Waals surface area (Å²) < 4.78 is 5.12. The van der Waals surface area contributed by atoms with Crippen LogP contribution < -0.4 is 5.73 Å². The molecular formula is C16H24N2O2. The number of likely N-dealkylation sites (tertiary alicyclic amines) is 1. The van der Waals surface area contributed by atoms with Crippen LogP contribution in [0.4, 0.5) is 0 Å². The van der Waals surface area contributed by atoms with E-state index in [9.17, 15) is 4.79 Å². The van der Waals surface area contributed by atoms with E-state index in [1.807, 2.05) is 29.2 Å². The van der Waals surface area contributed by atoms with Crippen LogP contribution in [0.3, 0.4) is 0 Å². The Morgan fingerprint density at radius 1 is 1.50 bits per heavy atom. The van der Waals surface area contributed by atoms with Crippen LogP contribution in [-0.2, 0) is 11.3 Å². The molecule has 4 heteroatoms. The number of ether oxygens (including phenoxy) is 1. The Morgan fingerprint density at radius 2 is 2.30 bits per heavy atom. The predicted octanol–water partition coefficient (Wildman–Crippen LogP) is 2.03. The maximum absolute atomic E-state index is 12.7. The van der Waals surface area contributed by atoms with Gasteiger partial charge in [0.25, 0.3) is 5.91 Å². The lowest BCUT2D eigenvalue weighted by Crippen LogP contribution is -2.49. The molecule has 0 aliphatic carbocycles. The number of nitrogens with zero attached hydrogens (tertiary/aromatic N) is 1. The van der Waals surface area contributed by atoms with Gasteiger partial charge in [-0.3, -0.25) is 4.79 Å². The van der Waals surface area contributed by atoms with Gasteiger partial charge < -0.3 is 15.4 Å². The Bertz CT molecular complexity index is 462. The second-order valence-corrected chi connectivity index (χ2v) is 5.65. The largest absolute Gasteiger partial charge is 0.380 e. The van der Waals surface area contributed by atoms with Crippen molar-refractivity contribution in [2.45, 2.75) is 32.4 Å². The van der Waals surface area contributed by atoms with Crippen LogP contribution in [0.1, 0.15) is 35.7 Å². The summed E-state index contributed by atoms with van der Waals surface area (Å²) in [5.41, 5.74) is 7.59. The van der Waals surface area contributed by atoms with Gasteiger partial charge in [0, 0.05) is 31.8 Å². The Kier molecular flexibility index (Phi) is 5.15. The van der Waals surface area contributed by atoms with Crippen molar-refractivity contribution in [1.82, 2.24) is 4.90 Å². The van der Waals surface area contributed by atoms with Crippen molar-refractivity contribution in [2.24, 2.45) is 11.7 Å². The number of piperidine rings is 1. The lowest BCUT2D eigenvalue weighted by molar-refractivity contribution is 0.0573. The first kappa shape index (κ1) is 15.0. The van der Waals surface area contributed by atoms with E-state index in [4.69, 9.17) is 10.5 Å². The molecule has 0 bridgehead atoms. The number of hydrogen-bond acceptors (Lipinski definition) is 3. The fourth-order valence-electron chi connectivity index (χ4n) is 2.87. The van der Waals surface area contributed by atoms with Gasteiger partial charge in [0.1, 0.15) is 0 Å². The van der Waals surface area contributed by atoms with Crippen LogP contribution in [0.15, 0.2) is 24.3 Å². The van der Waals surface area contributed by atoms with Gasteiger partial charge in [-0.25, -0.2) is 0 Å². The quantitative estimate of drug-likeness (QED) is 0.915. The molecule has 2 atom stereocenters. The molecule has 1 heterocycles. The fraction of sp³-hybridized carbons (Fsp3) is 0.562. The molecule has 110 valence electrons. The van der Waals surface area contributed by atoms with Gasteiger partial charge in [-0.2, -0.15) is 0 Å². The predicted molar refractivity (Wildman–Crippen MR) is 79.4 cm³/mol. The van der Waals surface area contributed by atoms with Crippen LogP contribution in [0, 0.1) is 5.92 Å². The number of hydrogen-bond donors (Lipinski definition) is 1. The van der Waals surface area contributed by atoms with Crippen molar-refractivity contribution >= 4 is 5.91 Å². The van der Waals surface area contributed by atoms with Crippen molar-refractivity contribution in [1.29, 1.82) is 0 Å². The molecule has 0 spiro atoms. The highest BCUT2D eigenvalue weighted by molar-refractivity contribution is 5.94. The van der Waals surface area contributed by atoms with Crippen molar-refractivity contribution in [3.8, 4) is 0 Å². The molecule has 2 N–H and O–H groups in total. The normalized spacial score (nSPS) is 22.9.